The van der Waals surface area contributed by atoms with Crippen LogP contribution < -0.4 is 4.74 Å². The Morgan fingerprint density at radius 3 is 2.86 bits per heavy atom. The number of carboxylic acids is 1. The molecule has 0 amide bonds. The van der Waals surface area contributed by atoms with Crippen molar-refractivity contribution in [1.82, 2.24) is 9.97 Å². The van der Waals surface area contributed by atoms with E-state index in [1.165, 1.54) is 6.07 Å². The lowest BCUT2D eigenvalue weighted by atomic mass is 10.2. The molecule has 104 valence electrons. The largest absolute Gasteiger partial charge is 0.486 e. The van der Waals surface area contributed by atoms with Gasteiger partial charge in [-0.3, -0.25) is 4.98 Å². The summed E-state index contributed by atoms with van der Waals surface area (Å²) in [5.74, 6) is -0.430. The van der Waals surface area contributed by atoms with E-state index in [9.17, 15) is 4.79 Å². The fourth-order valence-corrected chi connectivity index (χ4v) is 1.97. The van der Waals surface area contributed by atoms with E-state index in [0.717, 1.165) is 10.9 Å². The first kappa shape index (κ1) is 13.1. The van der Waals surface area contributed by atoms with E-state index >= 15 is 0 Å². The van der Waals surface area contributed by atoms with Crippen LogP contribution in [0.4, 0.5) is 0 Å². The van der Waals surface area contributed by atoms with Crippen molar-refractivity contribution in [3.8, 4) is 5.75 Å². The number of benzene rings is 1. The number of hydrogen-bond acceptors (Lipinski definition) is 4. The standard InChI is InChI=1S/C16H12N2O3/c19-16(20)15-7-3-5-12(18-15)10-21-13-8-11-4-1-2-6-14(11)17-9-13/h1-9H,10H2,(H,19,20). The van der Waals surface area contributed by atoms with Crippen LogP contribution in [0.3, 0.4) is 0 Å². The maximum Gasteiger partial charge on any atom is 0.354 e. The van der Waals surface area contributed by atoms with Gasteiger partial charge in [0.25, 0.3) is 0 Å². The number of carbonyl (C=O) groups is 1. The van der Waals surface area contributed by atoms with Crippen molar-refractivity contribution in [2.75, 3.05) is 0 Å². The highest BCUT2D eigenvalue weighted by atomic mass is 16.5. The minimum absolute atomic E-state index is 0.00716. The minimum atomic E-state index is -1.05. The Balaban J connectivity index is 1.77. The third-order valence-electron chi connectivity index (χ3n) is 2.98. The Kier molecular flexibility index (Phi) is 3.47. The average molecular weight is 280 g/mol. The van der Waals surface area contributed by atoms with Crippen LogP contribution in [0, 0.1) is 0 Å². The fourth-order valence-electron chi connectivity index (χ4n) is 1.97. The van der Waals surface area contributed by atoms with Gasteiger partial charge >= 0.3 is 5.97 Å². The third-order valence-corrected chi connectivity index (χ3v) is 2.98. The monoisotopic (exact) mass is 280 g/mol. The second-order valence-corrected chi connectivity index (χ2v) is 4.47. The number of aromatic nitrogens is 2. The van der Waals surface area contributed by atoms with E-state index < -0.39 is 5.97 Å². The minimum Gasteiger partial charge on any atom is -0.486 e. The molecule has 0 saturated carbocycles. The first-order valence-electron chi connectivity index (χ1n) is 6.39. The van der Waals surface area contributed by atoms with Crippen LogP contribution in [0.15, 0.2) is 54.7 Å². The number of aromatic carboxylic acids is 1. The molecule has 0 unspecified atom stereocenters. The van der Waals surface area contributed by atoms with Gasteiger partial charge in [0.1, 0.15) is 18.1 Å². The van der Waals surface area contributed by atoms with Crippen LogP contribution in [-0.2, 0) is 6.61 Å². The molecule has 5 heteroatoms. The summed E-state index contributed by atoms with van der Waals surface area (Å²) in [6.07, 6.45) is 1.64. The van der Waals surface area contributed by atoms with Gasteiger partial charge in [0, 0.05) is 5.39 Å². The molecular formula is C16H12N2O3. The van der Waals surface area contributed by atoms with E-state index in [-0.39, 0.29) is 12.3 Å². The SMILES string of the molecule is O=C(O)c1cccc(COc2cnc3ccccc3c2)n1. The van der Waals surface area contributed by atoms with Crippen LogP contribution in [0.1, 0.15) is 16.2 Å². The highest BCUT2D eigenvalue weighted by Gasteiger charge is 2.06. The molecule has 2 heterocycles. The average Bonchev–Trinajstić information content (AvgIpc) is 2.53. The molecule has 1 aromatic carbocycles. The van der Waals surface area contributed by atoms with Crippen LogP contribution in [0.25, 0.3) is 10.9 Å². The Morgan fingerprint density at radius 1 is 1.14 bits per heavy atom. The number of fused-ring (bicyclic) bond motifs is 1. The van der Waals surface area contributed by atoms with Gasteiger partial charge in [-0.05, 0) is 24.3 Å². The molecule has 0 fully saturated rings. The summed E-state index contributed by atoms with van der Waals surface area (Å²) in [6, 6.07) is 14.5. The lowest BCUT2D eigenvalue weighted by molar-refractivity contribution is 0.0690. The van der Waals surface area contributed by atoms with E-state index in [2.05, 4.69) is 9.97 Å². The number of ether oxygens (including phenoxy) is 1. The second-order valence-electron chi connectivity index (χ2n) is 4.47. The van der Waals surface area contributed by atoms with Gasteiger partial charge in [-0.15, -0.1) is 0 Å². The van der Waals surface area contributed by atoms with Crippen molar-refractivity contribution in [2.24, 2.45) is 0 Å². The Hall–Kier alpha value is -2.95. The van der Waals surface area contributed by atoms with Crippen LogP contribution in [-0.4, -0.2) is 21.0 Å². The number of rotatable bonds is 4. The summed E-state index contributed by atoms with van der Waals surface area (Å²) in [5.41, 5.74) is 1.46. The van der Waals surface area contributed by atoms with Crippen molar-refractivity contribution < 1.29 is 14.6 Å². The molecule has 2 aromatic heterocycles. The van der Waals surface area contributed by atoms with Gasteiger partial charge in [0.05, 0.1) is 17.4 Å². The lowest BCUT2D eigenvalue weighted by Gasteiger charge is -2.07. The smallest absolute Gasteiger partial charge is 0.354 e. The van der Waals surface area contributed by atoms with E-state index in [0.29, 0.717) is 11.4 Å². The first-order chi connectivity index (χ1) is 10.2. The molecule has 21 heavy (non-hydrogen) atoms. The van der Waals surface area contributed by atoms with Crippen molar-refractivity contribution in [2.45, 2.75) is 6.61 Å². The zero-order chi connectivity index (χ0) is 14.7. The van der Waals surface area contributed by atoms with Crippen LogP contribution in [0.2, 0.25) is 0 Å². The molecule has 3 rings (SSSR count). The number of carboxylic acid groups (broad SMARTS) is 1. The highest BCUT2D eigenvalue weighted by molar-refractivity contribution is 5.85. The molecule has 0 aliphatic heterocycles. The van der Waals surface area contributed by atoms with Gasteiger partial charge in [-0.1, -0.05) is 24.3 Å². The van der Waals surface area contributed by atoms with Gasteiger partial charge in [0.2, 0.25) is 0 Å². The molecule has 3 aromatic rings. The first-order valence-corrected chi connectivity index (χ1v) is 6.39. The Labute approximate surface area is 120 Å². The molecule has 0 aliphatic rings. The normalized spacial score (nSPS) is 10.5. The second kappa shape index (κ2) is 5.58. The molecule has 0 saturated heterocycles. The summed E-state index contributed by atoms with van der Waals surface area (Å²) in [5, 5.41) is 9.89. The van der Waals surface area contributed by atoms with Gasteiger partial charge in [-0.25, -0.2) is 9.78 Å². The zero-order valence-electron chi connectivity index (χ0n) is 11.1. The Bertz CT molecular complexity index is 802. The molecule has 0 radical (unpaired) electrons. The quantitative estimate of drug-likeness (QED) is 0.795. The van der Waals surface area contributed by atoms with Gasteiger partial charge in [-0.2, -0.15) is 0 Å². The summed E-state index contributed by atoms with van der Waals surface area (Å²) in [6.45, 7) is 0.196. The highest BCUT2D eigenvalue weighted by Crippen LogP contribution is 2.18. The molecule has 0 aliphatic carbocycles. The van der Waals surface area contributed by atoms with Crippen molar-refractivity contribution in [3.63, 3.8) is 0 Å². The molecule has 0 atom stereocenters. The fraction of sp³-hybridized carbons (Fsp3) is 0.0625. The topological polar surface area (TPSA) is 72.3 Å². The van der Waals surface area contributed by atoms with E-state index in [4.69, 9.17) is 9.84 Å². The van der Waals surface area contributed by atoms with Crippen molar-refractivity contribution in [1.29, 1.82) is 0 Å². The maximum absolute atomic E-state index is 10.9. The zero-order valence-corrected chi connectivity index (χ0v) is 11.1. The molecule has 0 bridgehead atoms. The predicted octanol–water partition coefficient (Wildman–Crippen LogP) is 2.91. The molecule has 0 spiro atoms. The maximum atomic E-state index is 10.9. The number of hydrogen-bond donors (Lipinski definition) is 1. The van der Waals surface area contributed by atoms with Crippen LogP contribution >= 0.6 is 0 Å². The number of para-hydroxylation sites is 1. The van der Waals surface area contributed by atoms with Gasteiger partial charge in [0.15, 0.2) is 0 Å². The number of nitrogens with zero attached hydrogens (tertiary/aromatic N) is 2. The molecule has 1 N–H and O–H groups in total. The third kappa shape index (κ3) is 2.97. The van der Waals surface area contributed by atoms with Crippen LogP contribution in [0.5, 0.6) is 5.75 Å². The summed E-state index contributed by atoms with van der Waals surface area (Å²) in [7, 11) is 0. The lowest BCUT2D eigenvalue weighted by Crippen LogP contribution is -2.05. The predicted molar refractivity (Wildman–Crippen MR) is 77.3 cm³/mol. The van der Waals surface area contributed by atoms with E-state index in [1.807, 2.05) is 30.3 Å². The Morgan fingerprint density at radius 2 is 2.00 bits per heavy atom. The summed E-state index contributed by atoms with van der Waals surface area (Å²) < 4.78 is 5.62. The van der Waals surface area contributed by atoms with E-state index in [1.54, 1.807) is 18.3 Å². The van der Waals surface area contributed by atoms with Crippen molar-refractivity contribution in [3.05, 3.63) is 66.1 Å². The summed E-state index contributed by atoms with van der Waals surface area (Å²) in [4.78, 5) is 19.2. The van der Waals surface area contributed by atoms with Crippen molar-refractivity contribution >= 4 is 16.9 Å². The summed E-state index contributed by atoms with van der Waals surface area (Å²) >= 11 is 0. The molecule has 5 nitrogen and oxygen atoms in total. The van der Waals surface area contributed by atoms with Gasteiger partial charge < -0.3 is 9.84 Å². The molecular weight excluding hydrogens is 268 g/mol. The number of pyridine rings is 2.